The lowest BCUT2D eigenvalue weighted by Crippen LogP contribution is -1.97. The average molecular weight is 364 g/mol. The Labute approximate surface area is 133 Å². The maximum Gasteiger partial charge on any atom is 0.325 e. The van der Waals surface area contributed by atoms with Crippen LogP contribution in [0.15, 0.2) is 0 Å². The smallest absolute Gasteiger partial charge is 0.325 e. The van der Waals surface area contributed by atoms with Gasteiger partial charge in [-0.25, -0.2) is 0 Å². The van der Waals surface area contributed by atoms with Crippen LogP contribution in [0, 0.1) is 0 Å². The van der Waals surface area contributed by atoms with Gasteiger partial charge in [0.05, 0.1) is 0 Å². The molecule has 0 aliphatic rings. The van der Waals surface area contributed by atoms with Gasteiger partial charge in [-0.15, -0.1) is 0 Å². The van der Waals surface area contributed by atoms with E-state index in [1.54, 1.807) is 0 Å². The first-order chi connectivity index (χ1) is 9.62. The number of unbranched alkanes of at least 4 members (excludes halogenated alkanes) is 6. The molecule has 0 spiro atoms. The van der Waals surface area contributed by atoms with Crippen molar-refractivity contribution in [1.82, 2.24) is 6.15 Å². The third kappa shape index (κ3) is 32.2. The average Bonchev–Trinajstić information content (AvgIpc) is 2.33. The predicted molar refractivity (Wildman–Crippen MR) is 90.5 cm³/mol. The molecule has 0 fully saturated rings. The third-order valence-electron chi connectivity index (χ3n) is 2.71. The molecule has 0 saturated carbocycles. The number of hydrogen-bond donors (Lipinski definition) is 6. The monoisotopic (exact) mass is 364 g/mol. The highest BCUT2D eigenvalue weighted by atomic mass is 31.2. The van der Waals surface area contributed by atoms with Gasteiger partial charge in [-0.05, 0) is 25.8 Å². The largest absolute Gasteiger partial charge is 0.344 e. The van der Waals surface area contributed by atoms with Crippen molar-refractivity contribution in [2.24, 2.45) is 5.73 Å². The fraction of sp³-hybridized carbons (Fsp3) is 1.00. The van der Waals surface area contributed by atoms with Crippen molar-refractivity contribution in [2.45, 2.75) is 58.3 Å². The zero-order valence-corrected chi connectivity index (χ0v) is 15.4. The highest BCUT2D eigenvalue weighted by molar-refractivity contribution is 7.52. The fourth-order valence-electron chi connectivity index (χ4n) is 1.56. The molecule has 0 unspecified atom stereocenters. The van der Waals surface area contributed by atoms with Crippen molar-refractivity contribution in [3.8, 4) is 0 Å². The van der Waals surface area contributed by atoms with Crippen LogP contribution >= 0.6 is 15.2 Å². The first-order valence-corrected chi connectivity index (χ1v) is 11.0. The number of hydrogen-bond acceptors (Lipinski definition) is 4. The molecule has 0 rings (SSSR count). The lowest BCUT2D eigenvalue weighted by molar-refractivity contribution is 0.364. The minimum Gasteiger partial charge on any atom is -0.344 e. The van der Waals surface area contributed by atoms with Gasteiger partial charge in [0.1, 0.15) is 0 Å². The van der Waals surface area contributed by atoms with Gasteiger partial charge in [-0.1, -0.05) is 39.0 Å². The van der Waals surface area contributed by atoms with Gasteiger partial charge >= 0.3 is 15.2 Å². The third-order valence-corrected chi connectivity index (χ3v) is 4.50. The SMILES string of the molecule is CCCCCCCCN.N.O=P(O)(O)CCCCP(=O)(O)O. The van der Waals surface area contributed by atoms with Crippen molar-refractivity contribution in [1.29, 1.82) is 0 Å². The molecule has 0 aromatic carbocycles. The number of nitrogens with two attached hydrogens (primary N) is 1. The fourth-order valence-corrected chi connectivity index (χ4v) is 2.83. The minimum atomic E-state index is -4.00. The molecule has 0 aliphatic carbocycles. The topological polar surface area (TPSA) is 176 Å². The Kier molecular flexibility index (Phi) is 19.8. The summed E-state index contributed by atoms with van der Waals surface area (Å²) in [4.78, 5) is 33.5. The molecule has 0 amide bonds. The molecule has 0 aliphatic heterocycles. The minimum absolute atomic E-state index is 0. The molecule has 10 heteroatoms. The molecule has 0 bridgehead atoms. The molecule has 0 atom stereocenters. The van der Waals surface area contributed by atoms with E-state index in [0.29, 0.717) is 0 Å². The van der Waals surface area contributed by atoms with E-state index in [1.165, 1.54) is 38.5 Å². The van der Waals surface area contributed by atoms with E-state index in [0.717, 1.165) is 6.54 Å². The molecule has 0 aromatic heterocycles. The van der Waals surface area contributed by atoms with Crippen LogP contribution in [0.3, 0.4) is 0 Å². The Morgan fingerprint density at radius 1 is 0.727 bits per heavy atom. The summed E-state index contributed by atoms with van der Waals surface area (Å²) in [6.07, 6.45) is 7.69. The molecule has 0 saturated heterocycles. The van der Waals surface area contributed by atoms with Crippen LogP contribution in [0.1, 0.15) is 58.3 Å². The van der Waals surface area contributed by atoms with Crippen LogP contribution in [0.2, 0.25) is 0 Å². The summed E-state index contributed by atoms with van der Waals surface area (Å²) in [5, 5.41) is 0. The van der Waals surface area contributed by atoms with E-state index in [9.17, 15) is 9.13 Å². The molecule has 0 heterocycles. The maximum atomic E-state index is 10.3. The molecule has 22 heavy (non-hydrogen) atoms. The van der Waals surface area contributed by atoms with Gasteiger partial charge in [0.2, 0.25) is 0 Å². The summed E-state index contributed by atoms with van der Waals surface area (Å²) in [5.41, 5.74) is 5.34. The lowest BCUT2D eigenvalue weighted by Gasteiger charge is -2.04. The molecular formula is C12H34N2O6P2. The highest BCUT2D eigenvalue weighted by Gasteiger charge is 2.15. The second-order valence-corrected chi connectivity index (χ2v) is 8.59. The van der Waals surface area contributed by atoms with Crippen molar-refractivity contribution in [3.05, 3.63) is 0 Å². The zero-order valence-electron chi connectivity index (χ0n) is 13.6. The summed E-state index contributed by atoms with van der Waals surface area (Å²) < 4.78 is 20.5. The zero-order chi connectivity index (χ0) is 16.8. The van der Waals surface area contributed by atoms with E-state index in [2.05, 4.69) is 6.92 Å². The van der Waals surface area contributed by atoms with Crippen molar-refractivity contribution in [2.75, 3.05) is 18.9 Å². The predicted octanol–water partition coefficient (Wildman–Crippen LogP) is 2.59. The molecule has 9 N–H and O–H groups in total. The van der Waals surface area contributed by atoms with Gasteiger partial charge in [0, 0.05) is 12.3 Å². The van der Waals surface area contributed by atoms with Gasteiger partial charge in [-0.2, -0.15) is 0 Å². The number of rotatable bonds is 11. The summed E-state index contributed by atoms with van der Waals surface area (Å²) >= 11 is 0. The van der Waals surface area contributed by atoms with Crippen LogP contribution in [-0.4, -0.2) is 38.4 Å². The lowest BCUT2D eigenvalue weighted by atomic mass is 10.1. The molecule has 0 radical (unpaired) electrons. The van der Waals surface area contributed by atoms with Crippen molar-refractivity contribution < 1.29 is 28.7 Å². The van der Waals surface area contributed by atoms with Gasteiger partial charge in [0.25, 0.3) is 0 Å². The quantitative estimate of drug-likeness (QED) is 0.239. The maximum absolute atomic E-state index is 10.3. The summed E-state index contributed by atoms with van der Waals surface area (Å²) in [5.74, 6) is 0. The second-order valence-electron chi connectivity index (χ2n) is 5.04. The van der Waals surface area contributed by atoms with Crippen LogP contribution in [-0.2, 0) is 9.13 Å². The summed E-state index contributed by atoms with van der Waals surface area (Å²) in [6, 6.07) is 0. The highest BCUT2D eigenvalue weighted by Crippen LogP contribution is 2.38. The van der Waals surface area contributed by atoms with Gasteiger partial charge in [-0.3, -0.25) is 9.13 Å². The summed E-state index contributed by atoms with van der Waals surface area (Å²) in [7, 11) is -8.00. The molecular weight excluding hydrogens is 330 g/mol. The van der Waals surface area contributed by atoms with E-state index in [1.807, 2.05) is 0 Å². The van der Waals surface area contributed by atoms with E-state index >= 15 is 0 Å². The standard InChI is InChI=1S/C8H19N.C4H12O6P2.H3N/c1-2-3-4-5-6-7-8-9;5-11(6,7)3-1-2-4-12(8,9)10;/h2-9H2,1H3;1-4H2,(H2,5,6,7)(H2,8,9,10);1H3. The normalized spacial score (nSPS) is 11.4. The second kappa shape index (κ2) is 16.1. The van der Waals surface area contributed by atoms with Gasteiger partial charge in [0.15, 0.2) is 0 Å². The van der Waals surface area contributed by atoms with Crippen molar-refractivity contribution >= 4 is 15.2 Å². The van der Waals surface area contributed by atoms with Crippen molar-refractivity contribution in [3.63, 3.8) is 0 Å². The van der Waals surface area contributed by atoms with Crippen LogP contribution in [0.4, 0.5) is 0 Å². The van der Waals surface area contributed by atoms with Crippen LogP contribution in [0.25, 0.3) is 0 Å². The van der Waals surface area contributed by atoms with Crippen LogP contribution in [0.5, 0.6) is 0 Å². The van der Waals surface area contributed by atoms with E-state index < -0.39 is 15.2 Å². The molecule has 0 aromatic rings. The van der Waals surface area contributed by atoms with E-state index in [4.69, 9.17) is 25.3 Å². The molecule has 8 nitrogen and oxygen atoms in total. The first-order valence-electron chi connectivity index (χ1n) is 7.41. The Bertz CT molecular complexity index is 289. The summed E-state index contributed by atoms with van der Waals surface area (Å²) in [6.45, 7) is 3.11. The Morgan fingerprint density at radius 3 is 1.41 bits per heavy atom. The Balaban J connectivity index is -0.000000326. The van der Waals surface area contributed by atoms with Crippen LogP contribution < -0.4 is 11.9 Å². The first kappa shape index (κ1) is 27.1. The van der Waals surface area contributed by atoms with E-state index in [-0.39, 0.29) is 31.3 Å². The Hall–Kier alpha value is 0.220. The Morgan fingerprint density at radius 2 is 1.09 bits per heavy atom. The van der Waals surface area contributed by atoms with Gasteiger partial charge < -0.3 is 31.5 Å². The molecule has 138 valence electrons.